The van der Waals surface area contributed by atoms with Gasteiger partial charge in [-0.3, -0.25) is 4.99 Å². The Morgan fingerprint density at radius 2 is 2.33 bits per heavy atom. The van der Waals surface area contributed by atoms with E-state index in [2.05, 4.69) is 9.89 Å². The number of nitrogens with zero attached hydrogens (tertiary/aromatic N) is 2. The van der Waals surface area contributed by atoms with Gasteiger partial charge in [-0.25, -0.2) is 0 Å². The van der Waals surface area contributed by atoms with Crippen molar-refractivity contribution in [3.63, 3.8) is 0 Å². The third kappa shape index (κ3) is 0.942. The molecule has 1 unspecified atom stereocenters. The quantitative estimate of drug-likeness (QED) is 0.566. The Hall–Kier alpha value is -1.51. The highest BCUT2D eigenvalue weighted by Gasteiger charge is 2.22. The fourth-order valence-electron chi connectivity index (χ4n) is 1.48. The van der Waals surface area contributed by atoms with Crippen LogP contribution < -0.4 is 5.73 Å². The molecule has 3 heteroatoms. The number of aliphatic imine (C=N–C) groups is 1. The standard InChI is InChI=1S/C9H11N3/c1-12-6-2-3-8-9(12)7(10)4-5-11-8/h2-6,9H,10H2,1H3. The zero-order valence-corrected chi connectivity index (χ0v) is 6.94. The molecule has 0 spiro atoms. The minimum Gasteiger partial charge on any atom is -0.400 e. The zero-order valence-electron chi connectivity index (χ0n) is 6.94. The van der Waals surface area contributed by atoms with Gasteiger partial charge >= 0.3 is 0 Å². The Labute approximate surface area is 71.6 Å². The monoisotopic (exact) mass is 161 g/mol. The maximum absolute atomic E-state index is 5.83. The summed E-state index contributed by atoms with van der Waals surface area (Å²) in [5, 5.41) is 0. The molecule has 0 aromatic carbocycles. The molecule has 0 radical (unpaired) electrons. The number of rotatable bonds is 0. The van der Waals surface area contributed by atoms with Gasteiger partial charge in [0.15, 0.2) is 0 Å². The first-order chi connectivity index (χ1) is 5.79. The molecule has 62 valence electrons. The molecule has 2 N–H and O–H groups in total. The third-order valence-electron chi connectivity index (χ3n) is 2.08. The van der Waals surface area contributed by atoms with Gasteiger partial charge in [0.2, 0.25) is 0 Å². The van der Waals surface area contributed by atoms with E-state index in [9.17, 15) is 0 Å². The summed E-state index contributed by atoms with van der Waals surface area (Å²) in [4.78, 5) is 6.29. The molecule has 2 aliphatic rings. The Morgan fingerprint density at radius 3 is 3.08 bits per heavy atom. The molecular formula is C9H11N3. The van der Waals surface area contributed by atoms with Gasteiger partial charge in [0.1, 0.15) is 6.04 Å². The van der Waals surface area contributed by atoms with Gasteiger partial charge < -0.3 is 10.6 Å². The smallest absolute Gasteiger partial charge is 0.110 e. The molecule has 1 atom stereocenters. The van der Waals surface area contributed by atoms with E-state index >= 15 is 0 Å². The minimum atomic E-state index is 0.139. The highest BCUT2D eigenvalue weighted by molar-refractivity contribution is 5.76. The Balaban J connectivity index is 2.40. The molecule has 0 aromatic heterocycles. The lowest BCUT2D eigenvalue weighted by Crippen LogP contribution is -2.36. The van der Waals surface area contributed by atoms with Gasteiger partial charge in [0.25, 0.3) is 0 Å². The molecule has 2 rings (SSSR count). The van der Waals surface area contributed by atoms with Crippen LogP contribution in [0.3, 0.4) is 0 Å². The summed E-state index contributed by atoms with van der Waals surface area (Å²) in [6.07, 6.45) is 9.54. The van der Waals surface area contributed by atoms with Crippen LogP contribution in [-0.2, 0) is 0 Å². The summed E-state index contributed by atoms with van der Waals surface area (Å²) in [5.41, 5.74) is 7.70. The molecule has 0 aliphatic carbocycles. The molecule has 0 fully saturated rings. The second kappa shape index (κ2) is 2.52. The number of dihydropyridines is 1. The average molecular weight is 161 g/mol. The van der Waals surface area contributed by atoms with Gasteiger partial charge in [0.05, 0.1) is 5.70 Å². The number of hydrogen-bond acceptors (Lipinski definition) is 3. The number of likely N-dealkylation sites (N-methyl/N-ethyl adjacent to an activating group) is 1. The first-order valence-corrected chi connectivity index (χ1v) is 3.89. The van der Waals surface area contributed by atoms with Gasteiger partial charge in [-0.2, -0.15) is 0 Å². The molecule has 0 aromatic rings. The highest BCUT2D eigenvalue weighted by Crippen LogP contribution is 2.22. The van der Waals surface area contributed by atoms with Crippen molar-refractivity contribution in [2.24, 2.45) is 10.7 Å². The van der Waals surface area contributed by atoms with Crippen LogP contribution in [0.1, 0.15) is 0 Å². The van der Waals surface area contributed by atoms with E-state index in [1.54, 1.807) is 6.21 Å². The lowest BCUT2D eigenvalue weighted by atomic mass is 10.0. The molecule has 0 saturated carbocycles. The number of allylic oxidation sites excluding steroid dienone is 3. The van der Waals surface area contributed by atoms with E-state index in [0.717, 1.165) is 11.4 Å². The van der Waals surface area contributed by atoms with Crippen LogP contribution in [-0.4, -0.2) is 24.2 Å². The van der Waals surface area contributed by atoms with E-state index in [1.807, 2.05) is 31.5 Å². The maximum Gasteiger partial charge on any atom is 0.110 e. The molecule has 0 amide bonds. The van der Waals surface area contributed by atoms with Crippen LogP contribution >= 0.6 is 0 Å². The number of fused-ring (bicyclic) bond motifs is 1. The third-order valence-corrected chi connectivity index (χ3v) is 2.08. The Morgan fingerprint density at radius 1 is 1.50 bits per heavy atom. The summed E-state index contributed by atoms with van der Waals surface area (Å²) in [5.74, 6) is 0. The molecule has 2 heterocycles. The van der Waals surface area contributed by atoms with Crippen molar-refractivity contribution in [3.05, 3.63) is 35.8 Å². The van der Waals surface area contributed by atoms with Gasteiger partial charge in [0, 0.05) is 19.0 Å². The van der Waals surface area contributed by atoms with Crippen molar-refractivity contribution >= 4 is 6.21 Å². The van der Waals surface area contributed by atoms with E-state index in [4.69, 9.17) is 5.73 Å². The predicted octanol–water partition coefficient (Wildman–Crippen LogP) is 0.625. The van der Waals surface area contributed by atoms with Gasteiger partial charge in [-0.1, -0.05) is 0 Å². The average Bonchev–Trinajstić information content (AvgIpc) is 2.04. The first-order valence-electron chi connectivity index (χ1n) is 3.89. The molecule has 3 nitrogen and oxygen atoms in total. The highest BCUT2D eigenvalue weighted by atomic mass is 15.2. The van der Waals surface area contributed by atoms with Crippen LogP contribution in [0.5, 0.6) is 0 Å². The summed E-state index contributed by atoms with van der Waals surface area (Å²) < 4.78 is 0. The van der Waals surface area contributed by atoms with Crippen LogP contribution in [0.4, 0.5) is 0 Å². The van der Waals surface area contributed by atoms with Crippen molar-refractivity contribution in [2.75, 3.05) is 7.05 Å². The molecule has 0 saturated heterocycles. The lowest BCUT2D eigenvalue weighted by molar-refractivity contribution is 0.397. The molecule has 12 heavy (non-hydrogen) atoms. The Kier molecular flexibility index (Phi) is 1.50. The zero-order chi connectivity index (χ0) is 8.55. The molecular weight excluding hydrogens is 150 g/mol. The van der Waals surface area contributed by atoms with Crippen molar-refractivity contribution in [1.82, 2.24) is 4.90 Å². The predicted molar refractivity (Wildman–Crippen MR) is 49.5 cm³/mol. The fourth-order valence-corrected chi connectivity index (χ4v) is 1.48. The fraction of sp³-hybridized carbons (Fsp3) is 0.222. The number of hydrogen-bond donors (Lipinski definition) is 1. The van der Waals surface area contributed by atoms with E-state index in [0.29, 0.717) is 0 Å². The van der Waals surface area contributed by atoms with Gasteiger partial charge in [-0.05, 0) is 24.4 Å². The first kappa shape index (κ1) is 7.16. The number of nitrogens with two attached hydrogens (primary N) is 1. The summed E-state index contributed by atoms with van der Waals surface area (Å²) in [7, 11) is 2.00. The van der Waals surface area contributed by atoms with Gasteiger partial charge in [-0.15, -0.1) is 0 Å². The second-order valence-corrected chi connectivity index (χ2v) is 2.95. The normalized spacial score (nSPS) is 26.4. The van der Waals surface area contributed by atoms with E-state index in [1.165, 1.54) is 0 Å². The van der Waals surface area contributed by atoms with Crippen LogP contribution in [0.15, 0.2) is 40.8 Å². The largest absolute Gasteiger partial charge is 0.400 e. The van der Waals surface area contributed by atoms with Crippen molar-refractivity contribution in [2.45, 2.75) is 6.04 Å². The molecule has 0 bridgehead atoms. The van der Waals surface area contributed by atoms with Crippen LogP contribution in [0.2, 0.25) is 0 Å². The second-order valence-electron chi connectivity index (χ2n) is 2.95. The van der Waals surface area contributed by atoms with E-state index < -0.39 is 0 Å². The summed E-state index contributed by atoms with van der Waals surface area (Å²) >= 11 is 0. The SMILES string of the molecule is CN1C=CC=C2N=CC=C(N)C21. The maximum atomic E-state index is 5.83. The van der Waals surface area contributed by atoms with E-state index in [-0.39, 0.29) is 6.04 Å². The summed E-state index contributed by atoms with van der Waals surface area (Å²) in [6, 6.07) is 0.139. The van der Waals surface area contributed by atoms with Crippen molar-refractivity contribution in [3.8, 4) is 0 Å². The van der Waals surface area contributed by atoms with Crippen molar-refractivity contribution in [1.29, 1.82) is 0 Å². The molecule has 2 aliphatic heterocycles. The minimum absolute atomic E-state index is 0.139. The van der Waals surface area contributed by atoms with Crippen molar-refractivity contribution < 1.29 is 0 Å². The van der Waals surface area contributed by atoms with Crippen LogP contribution in [0, 0.1) is 0 Å². The Bertz CT molecular complexity index is 310. The lowest BCUT2D eigenvalue weighted by Gasteiger charge is -2.31. The topological polar surface area (TPSA) is 41.6 Å². The summed E-state index contributed by atoms with van der Waals surface area (Å²) in [6.45, 7) is 0. The van der Waals surface area contributed by atoms with Crippen LogP contribution in [0.25, 0.3) is 0 Å².